The number of imidazole rings is 1. The van der Waals surface area contributed by atoms with Crippen LogP contribution in [0.4, 0.5) is 0 Å². The second-order valence-electron chi connectivity index (χ2n) is 4.82. The van der Waals surface area contributed by atoms with E-state index in [1.54, 1.807) is 29.0 Å². The molecule has 0 fully saturated rings. The number of hydrogen-bond donors (Lipinski definition) is 1. The second kappa shape index (κ2) is 8.21. The van der Waals surface area contributed by atoms with Gasteiger partial charge in [0.15, 0.2) is 5.65 Å². The summed E-state index contributed by atoms with van der Waals surface area (Å²) in [7, 11) is 0. The van der Waals surface area contributed by atoms with Gasteiger partial charge in [0.1, 0.15) is 23.6 Å². The summed E-state index contributed by atoms with van der Waals surface area (Å²) in [5.74, 6) is 1.06. The topological polar surface area (TPSA) is 63.8 Å². The summed E-state index contributed by atoms with van der Waals surface area (Å²) in [4.78, 5) is 12.7. The maximum atomic E-state index is 9.19. The Kier molecular flexibility index (Phi) is 6.26. The Morgan fingerprint density at radius 1 is 1.10 bits per heavy atom. The van der Waals surface area contributed by atoms with Crippen molar-refractivity contribution in [2.45, 2.75) is 57.2 Å². The average Bonchev–Trinajstić information content (AvgIpc) is 2.90. The van der Waals surface area contributed by atoms with E-state index in [4.69, 9.17) is 0 Å². The molecule has 5 nitrogen and oxygen atoms in total. The molecule has 0 bridgehead atoms. The number of unbranched alkanes of at least 4 members (excludes halogenated alkanes) is 5. The quantitative estimate of drug-likeness (QED) is 0.437. The Balaban J connectivity index is 1.83. The van der Waals surface area contributed by atoms with E-state index >= 15 is 0 Å². The molecular formula is C14H22N4OS. The molecular weight excluding hydrogens is 272 g/mol. The first-order valence-corrected chi connectivity index (χ1v) is 8.25. The van der Waals surface area contributed by atoms with Crippen molar-refractivity contribution in [3.8, 4) is 0 Å². The van der Waals surface area contributed by atoms with Crippen LogP contribution < -0.4 is 0 Å². The third-order valence-corrected chi connectivity index (χ3v) is 4.32. The molecule has 0 aliphatic rings. The first-order chi connectivity index (χ1) is 9.86. The number of hydrogen-bond acceptors (Lipinski definition) is 5. The van der Waals surface area contributed by atoms with Crippen LogP contribution in [0.5, 0.6) is 0 Å². The highest BCUT2D eigenvalue weighted by atomic mass is 32.2. The summed E-state index contributed by atoms with van der Waals surface area (Å²) in [6, 6.07) is 0. The molecule has 2 aromatic rings. The van der Waals surface area contributed by atoms with Crippen molar-refractivity contribution in [2.24, 2.45) is 0 Å². The van der Waals surface area contributed by atoms with E-state index < -0.39 is 0 Å². The molecule has 110 valence electrons. The smallest absolute Gasteiger partial charge is 0.166 e. The lowest BCUT2D eigenvalue weighted by Gasteiger charge is -2.02. The summed E-state index contributed by atoms with van der Waals surface area (Å²) in [6.07, 6.45) is 11.0. The normalized spacial score (nSPS) is 11.3. The van der Waals surface area contributed by atoms with Crippen LogP contribution in [-0.2, 0) is 6.73 Å². The molecule has 0 aliphatic carbocycles. The monoisotopic (exact) mass is 294 g/mol. The predicted molar refractivity (Wildman–Crippen MR) is 81.6 cm³/mol. The maximum absolute atomic E-state index is 9.19. The first-order valence-electron chi connectivity index (χ1n) is 7.26. The van der Waals surface area contributed by atoms with Crippen LogP contribution in [0.15, 0.2) is 17.7 Å². The van der Waals surface area contributed by atoms with Crippen molar-refractivity contribution in [3.63, 3.8) is 0 Å². The fourth-order valence-electron chi connectivity index (χ4n) is 2.12. The molecule has 2 rings (SSSR count). The van der Waals surface area contributed by atoms with Gasteiger partial charge in [-0.25, -0.2) is 15.0 Å². The number of fused-ring (bicyclic) bond motifs is 1. The van der Waals surface area contributed by atoms with E-state index in [0.29, 0.717) is 5.65 Å². The number of aliphatic hydroxyl groups is 1. The zero-order chi connectivity index (χ0) is 14.2. The summed E-state index contributed by atoms with van der Waals surface area (Å²) in [5.41, 5.74) is 1.49. The molecule has 20 heavy (non-hydrogen) atoms. The summed E-state index contributed by atoms with van der Waals surface area (Å²) >= 11 is 1.73. The second-order valence-corrected chi connectivity index (χ2v) is 5.91. The van der Waals surface area contributed by atoms with Gasteiger partial charge in [0.25, 0.3) is 0 Å². The van der Waals surface area contributed by atoms with E-state index in [2.05, 4.69) is 21.9 Å². The van der Waals surface area contributed by atoms with Gasteiger partial charge in [0.2, 0.25) is 0 Å². The highest BCUT2D eigenvalue weighted by Gasteiger charge is 2.09. The molecule has 6 heteroatoms. The number of nitrogens with zero attached hydrogens (tertiary/aromatic N) is 4. The largest absolute Gasteiger partial charge is 0.376 e. The van der Waals surface area contributed by atoms with Gasteiger partial charge in [-0.05, 0) is 12.2 Å². The van der Waals surface area contributed by atoms with Gasteiger partial charge in [0.05, 0.1) is 6.33 Å². The van der Waals surface area contributed by atoms with Crippen molar-refractivity contribution in [3.05, 3.63) is 12.7 Å². The Morgan fingerprint density at radius 3 is 2.70 bits per heavy atom. The number of aliphatic hydroxyl groups excluding tert-OH is 1. The fraction of sp³-hybridized carbons (Fsp3) is 0.643. The van der Waals surface area contributed by atoms with Crippen molar-refractivity contribution in [1.82, 2.24) is 19.5 Å². The van der Waals surface area contributed by atoms with Crippen LogP contribution in [0.2, 0.25) is 0 Å². The number of aromatic nitrogens is 4. The molecule has 2 heterocycles. The van der Waals surface area contributed by atoms with Crippen LogP contribution in [0, 0.1) is 0 Å². The summed E-state index contributed by atoms with van der Waals surface area (Å²) in [6.45, 7) is 2.14. The van der Waals surface area contributed by atoms with Gasteiger partial charge >= 0.3 is 0 Å². The first kappa shape index (κ1) is 15.3. The lowest BCUT2D eigenvalue weighted by atomic mass is 10.1. The van der Waals surface area contributed by atoms with Crippen LogP contribution in [0.1, 0.15) is 45.4 Å². The molecule has 0 saturated heterocycles. The van der Waals surface area contributed by atoms with Gasteiger partial charge in [-0.15, -0.1) is 11.8 Å². The van der Waals surface area contributed by atoms with E-state index in [1.807, 2.05) is 0 Å². The van der Waals surface area contributed by atoms with Crippen LogP contribution in [-0.4, -0.2) is 30.4 Å². The van der Waals surface area contributed by atoms with Gasteiger partial charge in [0, 0.05) is 0 Å². The highest BCUT2D eigenvalue weighted by molar-refractivity contribution is 7.99. The van der Waals surface area contributed by atoms with Gasteiger partial charge in [-0.2, -0.15) is 0 Å². The minimum Gasteiger partial charge on any atom is -0.376 e. The van der Waals surface area contributed by atoms with Crippen molar-refractivity contribution in [1.29, 1.82) is 0 Å². The van der Waals surface area contributed by atoms with Gasteiger partial charge < -0.3 is 5.11 Å². The zero-order valence-electron chi connectivity index (χ0n) is 12.0. The molecule has 0 amide bonds. The van der Waals surface area contributed by atoms with Crippen LogP contribution in [0.3, 0.4) is 0 Å². The van der Waals surface area contributed by atoms with Crippen molar-refractivity contribution in [2.75, 3.05) is 5.75 Å². The lowest BCUT2D eigenvalue weighted by molar-refractivity contribution is 0.214. The van der Waals surface area contributed by atoms with E-state index in [0.717, 1.165) is 16.3 Å². The van der Waals surface area contributed by atoms with Crippen molar-refractivity contribution < 1.29 is 5.11 Å². The van der Waals surface area contributed by atoms with Crippen molar-refractivity contribution >= 4 is 22.9 Å². The molecule has 0 radical (unpaired) electrons. The SMILES string of the molecule is CCCCCCCCSc1ncnc2c1ncn2CO. The van der Waals surface area contributed by atoms with Crippen LogP contribution in [0.25, 0.3) is 11.2 Å². The molecule has 1 N–H and O–H groups in total. The highest BCUT2D eigenvalue weighted by Crippen LogP contribution is 2.24. The maximum Gasteiger partial charge on any atom is 0.166 e. The predicted octanol–water partition coefficient (Wildman–Crippen LogP) is 3.23. The van der Waals surface area contributed by atoms with E-state index in [9.17, 15) is 5.11 Å². The summed E-state index contributed by atoms with van der Waals surface area (Å²) in [5, 5.41) is 10.1. The number of rotatable bonds is 9. The fourth-order valence-corrected chi connectivity index (χ4v) is 3.06. The summed E-state index contributed by atoms with van der Waals surface area (Å²) < 4.78 is 1.62. The van der Waals surface area contributed by atoms with E-state index in [1.165, 1.54) is 38.5 Å². The Labute approximate surface area is 123 Å². The lowest BCUT2D eigenvalue weighted by Crippen LogP contribution is -1.96. The van der Waals surface area contributed by atoms with E-state index in [-0.39, 0.29) is 6.73 Å². The number of thioether (sulfide) groups is 1. The van der Waals surface area contributed by atoms with Gasteiger partial charge in [-0.3, -0.25) is 4.57 Å². The molecule has 0 aromatic carbocycles. The molecule has 2 aromatic heterocycles. The molecule has 0 spiro atoms. The molecule has 0 unspecified atom stereocenters. The Hall–Kier alpha value is -1.14. The minimum atomic E-state index is -0.102. The van der Waals surface area contributed by atoms with Gasteiger partial charge in [-0.1, -0.05) is 39.0 Å². The third-order valence-electron chi connectivity index (χ3n) is 3.26. The minimum absolute atomic E-state index is 0.102. The Morgan fingerprint density at radius 2 is 1.90 bits per heavy atom. The Bertz CT molecular complexity index is 529. The zero-order valence-corrected chi connectivity index (χ0v) is 12.8. The molecule has 0 aliphatic heterocycles. The third kappa shape index (κ3) is 3.93. The molecule has 0 atom stereocenters. The standard InChI is InChI=1S/C14H22N4OS/c1-2-3-4-5-6-7-8-20-14-12-13(15-9-16-14)18(11-19)10-17-12/h9-10,19H,2-8,11H2,1H3. The molecule has 0 saturated carbocycles. The average molecular weight is 294 g/mol. The van der Waals surface area contributed by atoms with Crippen LogP contribution >= 0.6 is 11.8 Å².